The highest BCUT2D eigenvalue weighted by Gasteiger charge is 2.19. The number of benzene rings is 2. The summed E-state index contributed by atoms with van der Waals surface area (Å²) < 4.78 is 16.9. The molecule has 2 amide bonds. The van der Waals surface area contributed by atoms with Crippen molar-refractivity contribution in [1.29, 1.82) is 0 Å². The number of aryl methyl sites for hydroxylation is 1. The number of nitrogens with zero attached hydrogens (tertiary/aromatic N) is 1. The van der Waals surface area contributed by atoms with Gasteiger partial charge in [-0.3, -0.25) is 0 Å². The van der Waals surface area contributed by atoms with Crippen LogP contribution in [0.25, 0.3) is 11.3 Å². The zero-order chi connectivity index (χ0) is 21.6. The van der Waals surface area contributed by atoms with Crippen molar-refractivity contribution in [2.45, 2.75) is 45.3 Å². The Morgan fingerprint density at radius 2 is 1.90 bits per heavy atom. The Morgan fingerprint density at radius 1 is 1.13 bits per heavy atom. The van der Waals surface area contributed by atoms with E-state index < -0.39 is 0 Å². The van der Waals surface area contributed by atoms with Gasteiger partial charge in [0.2, 0.25) is 0 Å². The van der Waals surface area contributed by atoms with Crippen LogP contribution in [0.1, 0.15) is 37.0 Å². The first-order chi connectivity index (χ1) is 15.1. The number of nitrogens with one attached hydrogen (secondary N) is 2. The summed E-state index contributed by atoms with van der Waals surface area (Å²) in [5.41, 5.74) is 3.16. The summed E-state index contributed by atoms with van der Waals surface area (Å²) in [4.78, 5) is 12.5. The van der Waals surface area contributed by atoms with Crippen molar-refractivity contribution in [2.24, 2.45) is 0 Å². The highest BCUT2D eigenvalue weighted by atomic mass is 16.5. The molecule has 0 saturated heterocycles. The number of anilines is 1. The first-order valence-corrected chi connectivity index (χ1v) is 10.5. The monoisotopic (exact) mass is 421 g/mol. The lowest BCUT2D eigenvalue weighted by atomic mass is 10.1. The third-order valence-corrected chi connectivity index (χ3v) is 5.47. The van der Waals surface area contributed by atoms with Crippen LogP contribution in [0, 0.1) is 6.92 Å². The highest BCUT2D eigenvalue weighted by molar-refractivity contribution is 5.89. The van der Waals surface area contributed by atoms with Gasteiger partial charge in [-0.05, 0) is 44.7 Å². The molecule has 0 bridgehead atoms. The number of carbonyl (C=O) groups excluding carboxylic acids is 1. The van der Waals surface area contributed by atoms with E-state index in [2.05, 4.69) is 15.8 Å². The molecule has 1 aliphatic rings. The third-order valence-electron chi connectivity index (χ3n) is 5.47. The lowest BCUT2D eigenvalue weighted by Crippen LogP contribution is -2.28. The highest BCUT2D eigenvalue weighted by Crippen LogP contribution is 2.34. The first-order valence-electron chi connectivity index (χ1n) is 10.5. The average molecular weight is 421 g/mol. The maximum atomic E-state index is 12.5. The second-order valence-electron chi connectivity index (χ2n) is 7.63. The molecule has 2 N–H and O–H groups in total. The molecular weight excluding hydrogens is 394 g/mol. The van der Waals surface area contributed by atoms with Gasteiger partial charge in [0.05, 0.1) is 19.8 Å². The Hall–Kier alpha value is -3.48. The van der Waals surface area contributed by atoms with E-state index in [-0.39, 0.29) is 12.1 Å². The molecule has 0 unspecified atom stereocenters. The molecule has 162 valence electrons. The smallest absolute Gasteiger partial charge is 0.319 e. The van der Waals surface area contributed by atoms with Crippen LogP contribution in [0.4, 0.5) is 10.5 Å². The molecule has 7 heteroatoms. The molecule has 0 atom stereocenters. The van der Waals surface area contributed by atoms with Crippen LogP contribution in [0.3, 0.4) is 0 Å². The minimum Gasteiger partial charge on any atom is -0.493 e. The van der Waals surface area contributed by atoms with Gasteiger partial charge in [-0.25, -0.2) is 4.79 Å². The molecular formula is C24H27N3O4. The number of hydrogen-bond acceptors (Lipinski definition) is 5. The second kappa shape index (κ2) is 9.55. The van der Waals surface area contributed by atoms with E-state index in [1.54, 1.807) is 25.3 Å². The average Bonchev–Trinajstić information content (AvgIpc) is 3.43. The maximum Gasteiger partial charge on any atom is 0.319 e. The zero-order valence-electron chi connectivity index (χ0n) is 17.8. The van der Waals surface area contributed by atoms with Gasteiger partial charge >= 0.3 is 6.03 Å². The fraction of sp³-hybridized carbons (Fsp3) is 0.333. The second-order valence-corrected chi connectivity index (χ2v) is 7.63. The summed E-state index contributed by atoms with van der Waals surface area (Å²) in [6, 6.07) is 14.8. The van der Waals surface area contributed by atoms with E-state index in [1.807, 2.05) is 37.3 Å². The van der Waals surface area contributed by atoms with Crippen molar-refractivity contribution in [2.75, 3.05) is 12.4 Å². The summed E-state index contributed by atoms with van der Waals surface area (Å²) in [5.74, 6) is 1.98. The van der Waals surface area contributed by atoms with E-state index >= 15 is 0 Å². The van der Waals surface area contributed by atoms with Crippen LogP contribution in [0.15, 0.2) is 53.1 Å². The van der Waals surface area contributed by atoms with Gasteiger partial charge in [-0.2, -0.15) is 0 Å². The summed E-state index contributed by atoms with van der Waals surface area (Å²) in [7, 11) is 1.61. The van der Waals surface area contributed by atoms with E-state index in [0.29, 0.717) is 29.5 Å². The van der Waals surface area contributed by atoms with Gasteiger partial charge in [0.1, 0.15) is 11.5 Å². The molecule has 1 saturated carbocycles. The molecule has 31 heavy (non-hydrogen) atoms. The van der Waals surface area contributed by atoms with Crippen molar-refractivity contribution < 1.29 is 18.8 Å². The molecule has 1 fully saturated rings. The molecule has 0 spiro atoms. The van der Waals surface area contributed by atoms with Crippen LogP contribution in [-0.4, -0.2) is 24.4 Å². The van der Waals surface area contributed by atoms with Crippen LogP contribution in [0.2, 0.25) is 0 Å². The Balaban J connectivity index is 1.41. The van der Waals surface area contributed by atoms with Gasteiger partial charge in [-0.15, -0.1) is 0 Å². The SMILES string of the molecule is COc1ccc(NC(=O)NCc2c(-c3ccccc3)noc2C)cc1OC1CCCC1. The number of amides is 2. The minimum atomic E-state index is -0.323. The number of carbonyl (C=O) groups is 1. The van der Waals surface area contributed by atoms with Gasteiger partial charge in [0.15, 0.2) is 11.5 Å². The molecule has 0 aliphatic heterocycles. The van der Waals surface area contributed by atoms with E-state index in [1.165, 1.54) is 12.8 Å². The Kier molecular flexibility index (Phi) is 6.40. The third kappa shape index (κ3) is 4.99. The fourth-order valence-electron chi connectivity index (χ4n) is 3.80. The summed E-state index contributed by atoms with van der Waals surface area (Å²) >= 11 is 0. The fourth-order valence-corrected chi connectivity index (χ4v) is 3.80. The number of urea groups is 1. The first kappa shape index (κ1) is 20.8. The van der Waals surface area contributed by atoms with Gasteiger partial charge in [0, 0.05) is 22.9 Å². The lowest BCUT2D eigenvalue weighted by Gasteiger charge is -2.17. The summed E-state index contributed by atoms with van der Waals surface area (Å²) in [6.45, 7) is 2.14. The lowest BCUT2D eigenvalue weighted by molar-refractivity contribution is 0.201. The Morgan fingerprint density at radius 3 is 2.65 bits per heavy atom. The van der Waals surface area contributed by atoms with Crippen molar-refractivity contribution >= 4 is 11.7 Å². The van der Waals surface area contributed by atoms with Crippen molar-refractivity contribution in [3.8, 4) is 22.8 Å². The van der Waals surface area contributed by atoms with Crippen LogP contribution < -0.4 is 20.1 Å². The molecule has 2 aromatic carbocycles. The van der Waals surface area contributed by atoms with Crippen molar-refractivity contribution in [3.05, 3.63) is 59.9 Å². The van der Waals surface area contributed by atoms with Crippen LogP contribution in [-0.2, 0) is 6.54 Å². The topological polar surface area (TPSA) is 85.6 Å². The van der Waals surface area contributed by atoms with Crippen molar-refractivity contribution in [3.63, 3.8) is 0 Å². The minimum absolute atomic E-state index is 0.200. The Labute approximate surface area is 181 Å². The van der Waals surface area contributed by atoms with Crippen LogP contribution >= 0.6 is 0 Å². The molecule has 0 radical (unpaired) electrons. The number of ether oxygens (including phenoxy) is 2. The largest absolute Gasteiger partial charge is 0.493 e. The summed E-state index contributed by atoms with van der Waals surface area (Å²) in [6.07, 6.45) is 4.65. The maximum absolute atomic E-state index is 12.5. The molecule has 1 aliphatic carbocycles. The molecule has 1 aromatic heterocycles. The van der Waals surface area contributed by atoms with Gasteiger partial charge in [-0.1, -0.05) is 35.5 Å². The number of hydrogen-bond donors (Lipinski definition) is 2. The molecule has 3 aromatic rings. The van der Waals surface area contributed by atoms with Gasteiger partial charge in [0.25, 0.3) is 0 Å². The molecule has 4 rings (SSSR count). The molecule has 7 nitrogen and oxygen atoms in total. The van der Waals surface area contributed by atoms with E-state index in [0.717, 1.165) is 29.7 Å². The molecule has 1 heterocycles. The van der Waals surface area contributed by atoms with Crippen molar-refractivity contribution in [1.82, 2.24) is 10.5 Å². The number of aromatic nitrogens is 1. The Bertz CT molecular complexity index is 1030. The predicted octanol–water partition coefficient (Wildman–Crippen LogP) is 5.30. The van der Waals surface area contributed by atoms with Crippen LogP contribution in [0.5, 0.6) is 11.5 Å². The standard InChI is InChI=1S/C24H27N3O4/c1-16-20(23(27-31-16)17-8-4-3-5-9-17)15-25-24(28)26-18-12-13-21(29-2)22(14-18)30-19-10-6-7-11-19/h3-5,8-9,12-14,19H,6-7,10-11,15H2,1-2H3,(H2,25,26,28). The normalized spacial score (nSPS) is 13.7. The quantitative estimate of drug-likeness (QED) is 0.541. The number of rotatable bonds is 7. The van der Waals surface area contributed by atoms with E-state index in [4.69, 9.17) is 14.0 Å². The predicted molar refractivity (Wildman–Crippen MR) is 118 cm³/mol. The van der Waals surface area contributed by atoms with Gasteiger partial charge < -0.3 is 24.6 Å². The number of methoxy groups -OCH3 is 1. The summed E-state index contributed by atoms with van der Waals surface area (Å²) in [5, 5.41) is 9.90. The van der Waals surface area contributed by atoms with E-state index in [9.17, 15) is 4.79 Å². The zero-order valence-corrected chi connectivity index (χ0v) is 17.8.